The van der Waals surface area contributed by atoms with Gasteiger partial charge in [0.1, 0.15) is 16.7 Å². The summed E-state index contributed by atoms with van der Waals surface area (Å²) in [5.74, 6) is 0.561. The molecule has 0 saturated carbocycles. The molecule has 2 aromatic rings. The number of hydrogen-bond acceptors (Lipinski definition) is 4. The molecule has 0 bridgehead atoms. The number of thiocarbonyl (C=S) groups is 1. The highest BCUT2D eigenvalue weighted by molar-refractivity contribution is 9.10. The Kier molecular flexibility index (Phi) is 7.23. The van der Waals surface area contributed by atoms with Crippen molar-refractivity contribution in [3.63, 3.8) is 0 Å². The molecular weight excluding hydrogens is 501 g/mol. The molecule has 2 aromatic carbocycles. The molecule has 3 nitrogen and oxygen atoms in total. The highest BCUT2D eigenvalue weighted by atomic mass is 79.9. The third-order valence-corrected chi connectivity index (χ3v) is 6.42. The Morgan fingerprint density at radius 3 is 2.71 bits per heavy atom. The van der Waals surface area contributed by atoms with Crippen molar-refractivity contribution < 1.29 is 9.53 Å². The molecule has 0 spiro atoms. The Balaban J connectivity index is 1.73. The Morgan fingerprint density at radius 2 is 2.04 bits per heavy atom. The molecule has 0 radical (unpaired) electrons. The van der Waals surface area contributed by atoms with Crippen LogP contribution >= 0.6 is 63.1 Å². The predicted octanol–water partition coefficient (Wildman–Crippen LogP) is 6.72. The summed E-state index contributed by atoms with van der Waals surface area (Å²) in [5.41, 5.74) is 1.70. The van der Waals surface area contributed by atoms with Crippen LogP contribution in [0.4, 0.5) is 0 Å². The number of nitrogens with zero attached hydrogens (tertiary/aromatic N) is 1. The van der Waals surface area contributed by atoms with E-state index in [1.807, 2.05) is 30.3 Å². The van der Waals surface area contributed by atoms with Crippen LogP contribution < -0.4 is 4.74 Å². The third kappa shape index (κ3) is 4.99. The zero-order valence-electron chi connectivity index (χ0n) is 14.5. The molecule has 1 heterocycles. The summed E-state index contributed by atoms with van der Waals surface area (Å²) >= 11 is 22.1. The van der Waals surface area contributed by atoms with Crippen LogP contribution in [0, 0.1) is 0 Å². The Hall–Kier alpha value is -1.31. The van der Waals surface area contributed by atoms with E-state index in [2.05, 4.69) is 22.5 Å². The van der Waals surface area contributed by atoms with Gasteiger partial charge >= 0.3 is 0 Å². The number of halogens is 3. The van der Waals surface area contributed by atoms with Crippen LogP contribution in [0.3, 0.4) is 0 Å². The van der Waals surface area contributed by atoms with E-state index in [9.17, 15) is 4.79 Å². The molecule has 3 rings (SSSR count). The number of carbonyl (C=O) groups excluding carboxylic acids is 1. The number of carbonyl (C=O) groups is 1. The second kappa shape index (κ2) is 9.46. The molecule has 0 N–H and O–H groups in total. The first kappa shape index (κ1) is 21.4. The van der Waals surface area contributed by atoms with Crippen LogP contribution in [-0.2, 0) is 11.4 Å². The first-order chi connectivity index (χ1) is 13.4. The average molecular weight is 515 g/mol. The largest absolute Gasteiger partial charge is 0.488 e. The van der Waals surface area contributed by atoms with Crippen LogP contribution in [0.1, 0.15) is 11.1 Å². The van der Waals surface area contributed by atoms with Crippen molar-refractivity contribution in [2.24, 2.45) is 0 Å². The van der Waals surface area contributed by atoms with E-state index < -0.39 is 0 Å². The summed E-state index contributed by atoms with van der Waals surface area (Å²) in [6.45, 7) is 4.38. The van der Waals surface area contributed by atoms with Crippen molar-refractivity contribution in [1.29, 1.82) is 0 Å². The lowest BCUT2D eigenvalue weighted by atomic mass is 10.2. The van der Waals surface area contributed by atoms with Gasteiger partial charge in [-0.2, -0.15) is 0 Å². The van der Waals surface area contributed by atoms with Crippen LogP contribution in [0.5, 0.6) is 5.75 Å². The van der Waals surface area contributed by atoms with Gasteiger partial charge in [0, 0.05) is 22.2 Å². The molecule has 0 aromatic heterocycles. The average Bonchev–Trinajstić information content (AvgIpc) is 2.90. The van der Waals surface area contributed by atoms with Gasteiger partial charge in [0.25, 0.3) is 5.91 Å². The summed E-state index contributed by atoms with van der Waals surface area (Å²) in [6.07, 6.45) is 3.47. The maximum absolute atomic E-state index is 12.4. The van der Waals surface area contributed by atoms with Gasteiger partial charge in [-0.3, -0.25) is 9.69 Å². The van der Waals surface area contributed by atoms with Gasteiger partial charge < -0.3 is 4.74 Å². The van der Waals surface area contributed by atoms with Crippen molar-refractivity contribution in [1.82, 2.24) is 4.90 Å². The van der Waals surface area contributed by atoms with Crippen molar-refractivity contribution >= 4 is 79.4 Å². The molecule has 1 aliphatic heterocycles. The molecule has 0 atom stereocenters. The van der Waals surface area contributed by atoms with E-state index in [0.29, 0.717) is 38.2 Å². The molecule has 1 aliphatic rings. The fourth-order valence-corrected chi connectivity index (χ4v) is 4.71. The SMILES string of the molecule is C=CCN1C(=O)/C(=C/c2ccc(OCc3ccc(Cl)cc3Cl)c(Br)c2)SC1=S. The minimum atomic E-state index is -0.108. The zero-order chi connectivity index (χ0) is 20.3. The number of rotatable bonds is 6. The topological polar surface area (TPSA) is 29.5 Å². The normalized spacial score (nSPS) is 15.4. The van der Waals surface area contributed by atoms with Gasteiger partial charge in [-0.05, 0) is 51.8 Å². The van der Waals surface area contributed by atoms with Gasteiger partial charge in [-0.15, -0.1) is 6.58 Å². The van der Waals surface area contributed by atoms with Gasteiger partial charge in [-0.25, -0.2) is 0 Å². The van der Waals surface area contributed by atoms with Crippen LogP contribution in [0.2, 0.25) is 10.0 Å². The summed E-state index contributed by atoms with van der Waals surface area (Å²) in [7, 11) is 0. The fourth-order valence-electron chi connectivity index (χ4n) is 2.46. The van der Waals surface area contributed by atoms with E-state index in [1.165, 1.54) is 16.7 Å². The molecule has 0 aliphatic carbocycles. The Bertz CT molecular complexity index is 994. The zero-order valence-corrected chi connectivity index (χ0v) is 19.2. The molecule has 1 saturated heterocycles. The smallest absolute Gasteiger partial charge is 0.266 e. The molecule has 144 valence electrons. The Labute approximate surface area is 191 Å². The van der Waals surface area contributed by atoms with E-state index in [4.69, 9.17) is 40.2 Å². The molecular formula is C20H14BrCl2NO2S2. The number of benzene rings is 2. The van der Waals surface area contributed by atoms with E-state index in [1.54, 1.807) is 18.2 Å². The van der Waals surface area contributed by atoms with Gasteiger partial charge in [0.05, 0.1) is 9.38 Å². The lowest BCUT2D eigenvalue weighted by molar-refractivity contribution is -0.121. The second-order valence-electron chi connectivity index (χ2n) is 5.80. The first-order valence-electron chi connectivity index (χ1n) is 8.11. The lowest BCUT2D eigenvalue weighted by Gasteiger charge is -2.11. The predicted molar refractivity (Wildman–Crippen MR) is 125 cm³/mol. The van der Waals surface area contributed by atoms with Crippen LogP contribution in [-0.4, -0.2) is 21.7 Å². The van der Waals surface area contributed by atoms with Crippen molar-refractivity contribution in [3.8, 4) is 5.75 Å². The van der Waals surface area contributed by atoms with E-state index >= 15 is 0 Å². The molecule has 1 amide bonds. The second-order valence-corrected chi connectivity index (χ2v) is 9.17. The van der Waals surface area contributed by atoms with E-state index in [0.717, 1.165) is 15.6 Å². The standard InChI is InChI=1S/C20H14BrCl2NO2S2/c1-2-7-24-19(25)18(28-20(24)27)9-12-3-6-17(15(21)8-12)26-11-13-4-5-14(22)10-16(13)23/h2-6,8-10H,1,7,11H2/b18-9-. The van der Waals surface area contributed by atoms with Gasteiger partial charge in [-0.1, -0.05) is 65.4 Å². The maximum Gasteiger partial charge on any atom is 0.266 e. The van der Waals surface area contributed by atoms with Crippen molar-refractivity contribution in [2.75, 3.05) is 6.54 Å². The lowest BCUT2D eigenvalue weighted by Crippen LogP contribution is -2.27. The summed E-state index contributed by atoms with van der Waals surface area (Å²) in [5, 5.41) is 1.14. The highest BCUT2D eigenvalue weighted by Gasteiger charge is 2.30. The number of ether oxygens (including phenoxy) is 1. The third-order valence-electron chi connectivity index (χ3n) is 3.84. The fraction of sp³-hybridized carbons (Fsp3) is 0.100. The highest BCUT2D eigenvalue weighted by Crippen LogP contribution is 2.34. The van der Waals surface area contributed by atoms with Crippen LogP contribution in [0.15, 0.2) is 58.4 Å². The van der Waals surface area contributed by atoms with Crippen molar-refractivity contribution in [2.45, 2.75) is 6.61 Å². The quantitative estimate of drug-likeness (QED) is 0.243. The molecule has 28 heavy (non-hydrogen) atoms. The van der Waals surface area contributed by atoms with Gasteiger partial charge in [0.2, 0.25) is 0 Å². The maximum atomic E-state index is 12.4. The van der Waals surface area contributed by atoms with Crippen molar-refractivity contribution in [3.05, 3.63) is 79.6 Å². The monoisotopic (exact) mass is 513 g/mol. The number of hydrogen-bond donors (Lipinski definition) is 0. The summed E-state index contributed by atoms with van der Waals surface area (Å²) < 4.78 is 7.16. The summed E-state index contributed by atoms with van der Waals surface area (Å²) in [4.78, 5) is 14.5. The number of amides is 1. The first-order valence-corrected chi connectivity index (χ1v) is 10.9. The number of thioether (sulfide) groups is 1. The van der Waals surface area contributed by atoms with Gasteiger partial charge in [0.15, 0.2) is 0 Å². The minimum Gasteiger partial charge on any atom is -0.488 e. The van der Waals surface area contributed by atoms with E-state index in [-0.39, 0.29) is 5.91 Å². The van der Waals surface area contributed by atoms with Crippen LogP contribution in [0.25, 0.3) is 6.08 Å². The molecule has 8 heteroatoms. The summed E-state index contributed by atoms with van der Waals surface area (Å²) in [6, 6.07) is 10.9. The minimum absolute atomic E-state index is 0.108. The molecule has 0 unspecified atom stereocenters. The molecule has 1 fully saturated rings. The Morgan fingerprint density at radius 1 is 1.25 bits per heavy atom.